The van der Waals surface area contributed by atoms with Crippen molar-refractivity contribution in [2.75, 3.05) is 13.1 Å². The van der Waals surface area contributed by atoms with E-state index < -0.39 is 8.25 Å². The molecule has 0 saturated carbocycles. The fourth-order valence-electron chi connectivity index (χ4n) is 0. The van der Waals surface area contributed by atoms with E-state index in [0.29, 0.717) is 13.1 Å². The van der Waals surface area contributed by atoms with Gasteiger partial charge >= 0.3 is 59.1 Å². The molecule has 0 spiro atoms. The van der Waals surface area contributed by atoms with Crippen LogP contribution in [0.2, 0.25) is 0 Å². The first-order valence-electron chi connectivity index (χ1n) is 3.43. The molecule has 0 amide bonds. The molecule has 0 bridgehead atoms. The minimum atomic E-state index is -3.63. The fourth-order valence-corrected chi connectivity index (χ4v) is 0. The van der Waals surface area contributed by atoms with Gasteiger partial charge in [0.05, 0.1) is 0 Å². The van der Waals surface area contributed by atoms with E-state index in [1.165, 1.54) is 0 Å². The van der Waals surface area contributed by atoms with Gasteiger partial charge in [0.2, 0.25) is 0 Å². The molecule has 16 heavy (non-hydrogen) atoms. The van der Waals surface area contributed by atoms with Gasteiger partial charge in [-0.25, -0.2) is 0 Å². The van der Waals surface area contributed by atoms with Crippen molar-refractivity contribution in [1.82, 2.24) is 0 Å². The normalized spacial score (nSPS) is 4.81. The van der Waals surface area contributed by atoms with Gasteiger partial charge in [0.25, 0.3) is 0 Å². The van der Waals surface area contributed by atoms with Gasteiger partial charge in [-0.05, 0) is 0 Å². The van der Waals surface area contributed by atoms with Gasteiger partial charge < -0.3 is 25.8 Å². The Hall–Kier alpha value is 1.29. The standard InChI is InChI=1S/C2H8N2.3C2H4.2Na.H3O3P/c3-1-2-4;3*1-2;;;1-4(2)3/h1-4H2;3*1-2H2;;;4H,(H2,1,2,3)/q;;;;2*+1;/p-2. The number of rotatable bonds is 1. The van der Waals surface area contributed by atoms with Crippen molar-refractivity contribution in [2.24, 2.45) is 11.5 Å². The van der Waals surface area contributed by atoms with Gasteiger partial charge in [-0.3, -0.25) is 0 Å². The molecule has 8 heteroatoms. The summed E-state index contributed by atoms with van der Waals surface area (Å²) in [5, 5.41) is 0. The van der Waals surface area contributed by atoms with Crippen LogP contribution in [0.15, 0.2) is 39.5 Å². The third-order valence-corrected chi connectivity index (χ3v) is 0.167. The van der Waals surface area contributed by atoms with Crippen LogP contribution in [0, 0.1) is 0 Å². The van der Waals surface area contributed by atoms with Crippen LogP contribution >= 0.6 is 8.25 Å². The monoisotopic (exact) mass is 270 g/mol. The predicted octanol–water partition coefficient (Wildman–Crippen LogP) is -6.58. The minimum absolute atomic E-state index is 0. The third-order valence-electron chi connectivity index (χ3n) is 0.167. The molecule has 0 heterocycles. The summed E-state index contributed by atoms with van der Waals surface area (Å²) in [7, 11) is -3.63. The molecule has 0 saturated heterocycles. The Bertz CT molecular complexity index is 92.6. The minimum Gasteiger partial charge on any atom is -0.813 e. The first-order valence-corrected chi connectivity index (χ1v) is 4.65. The first-order chi connectivity index (χ1) is 6.65. The van der Waals surface area contributed by atoms with E-state index in [1.54, 1.807) is 0 Å². The van der Waals surface area contributed by atoms with Crippen LogP contribution in [0.1, 0.15) is 0 Å². The van der Waals surface area contributed by atoms with Gasteiger partial charge in [0.15, 0.2) is 0 Å². The Morgan fingerprint density at radius 3 is 0.875 bits per heavy atom. The molecule has 0 rings (SSSR count). The van der Waals surface area contributed by atoms with E-state index in [9.17, 15) is 0 Å². The van der Waals surface area contributed by atoms with E-state index >= 15 is 0 Å². The molecule has 4 N–H and O–H groups in total. The fraction of sp³-hybridized carbons (Fsp3) is 0.250. The average Bonchev–Trinajstić information content (AvgIpc) is 2.25. The van der Waals surface area contributed by atoms with Gasteiger partial charge in [-0.2, -0.15) is 0 Å². The zero-order chi connectivity index (χ0) is 13.0. The van der Waals surface area contributed by atoms with Crippen molar-refractivity contribution in [3.05, 3.63) is 39.5 Å². The molecule has 0 aliphatic heterocycles. The van der Waals surface area contributed by atoms with Crippen LogP contribution in [0.3, 0.4) is 0 Å². The molecule has 0 aliphatic carbocycles. The maximum Gasteiger partial charge on any atom is 1.00 e. The molecular weight excluding hydrogens is 249 g/mol. The van der Waals surface area contributed by atoms with Crippen molar-refractivity contribution >= 4 is 8.25 Å². The van der Waals surface area contributed by atoms with Crippen LogP contribution < -0.4 is 80.4 Å². The maximum atomic E-state index is 8.52. The van der Waals surface area contributed by atoms with Gasteiger partial charge in [0.1, 0.15) is 0 Å². The number of hydrogen-bond acceptors (Lipinski definition) is 5. The topological polar surface area (TPSA) is 115 Å². The molecular formula is C8H21N2Na2O3P. The smallest absolute Gasteiger partial charge is 0.813 e. The first kappa shape index (κ1) is 43.3. The van der Waals surface area contributed by atoms with Crippen molar-refractivity contribution in [3.8, 4) is 0 Å². The van der Waals surface area contributed by atoms with Crippen LogP contribution in [0.5, 0.6) is 0 Å². The van der Waals surface area contributed by atoms with Crippen molar-refractivity contribution < 1.29 is 73.5 Å². The second kappa shape index (κ2) is 96.3. The Labute approximate surface area is 144 Å². The van der Waals surface area contributed by atoms with Gasteiger partial charge in [-0.15, -0.1) is 39.5 Å². The molecule has 0 aromatic carbocycles. The van der Waals surface area contributed by atoms with E-state index in [4.69, 9.17) is 25.8 Å². The quantitative estimate of drug-likeness (QED) is 0.279. The van der Waals surface area contributed by atoms with E-state index in [2.05, 4.69) is 39.5 Å². The van der Waals surface area contributed by atoms with Crippen molar-refractivity contribution in [3.63, 3.8) is 0 Å². The predicted molar refractivity (Wildman–Crippen MR) is 60.9 cm³/mol. The molecule has 0 unspecified atom stereocenters. The molecule has 0 radical (unpaired) electrons. The second-order valence-electron chi connectivity index (χ2n) is 0.827. The molecule has 88 valence electrons. The summed E-state index contributed by atoms with van der Waals surface area (Å²) in [5.41, 5.74) is 9.81. The average molecular weight is 270 g/mol. The zero-order valence-electron chi connectivity index (χ0n) is 10.5. The number of hydrogen-bond donors (Lipinski definition) is 2. The van der Waals surface area contributed by atoms with Crippen LogP contribution in [0.4, 0.5) is 0 Å². The molecule has 0 aromatic heterocycles. The Morgan fingerprint density at radius 2 is 0.875 bits per heavy atom. The summed E-state index contributed by atoms with van der Waals surface area (Å²) in [6.45, 7) is 19.2. The van der Waals surface area contributed by atoms with Gasteiger partial charge in [0, 0.05) is 13.1 Å². The van der Waals surface area contributed by atoms with E-state index in [-0.39, 0.29) is 59.1 Å². The Kier molecular flexibility index (Phi) is 261. The van der Waals surface area contributed by atoms with Crippen LogP contribution in [-0.4, -0.2) is 13.1 Å². The van der Waals surface area contributed by atoms with Crippen LogP contribution in [-0.2, 0) is 4.57 Å². The maximum absolute atomic E-state index is 8.52. The molecule has 5 nitrogen and oxygen atoms in total. The SMILES string of the molecule is C=C.C=C.C=C.NCCN.O=[PH]([O-])[O-].[Na+].[Na+]. The zero-order valence-corrected chi connectivity index (χ0v) is 15.5. The van der Waals surface area contributed by atoms with Crippen LogP contribution in [0.25, 0.3) is 0 Å². The summed E-state index contributed by atoms with van der Waals surface area (Å²) in [6.07, 6.45) is 0. The summed E-state index contributed by atoms with van der Waals surface area (Å²) in [5.74, 6) is 0. The second-order valence-corrected chi connectivity index (χ2v) is 1.33. The summed E-state index contributed by atoms with van der Waals surface area (Å²) < 4.78 is 8.52. The molecule has 0 aliphatic rings. The van der Waals surface area contributed by atoms with Crippen molar-refractivity contribution in [2.45, 2.75) is 0 Å². The number of nitrogens with two attached hydrogens (primary N) is 2. The molecule has 0 atom stereocenters. The van der Waals surface area contributed by atoms with Gasteiger partial charge in [-0.1, -0.05) is 8.25 Å². The van der Waals surface area contributed by atoms with Crippen molar-refractivity contribution in [1.29, 1.82) is 0 Å². The Balaban J connectivity index is -0.0000000129. The van der Waals surface area contributed by atoms with E-state index in [1.807, 2.05) is 0 Å². The summed E-state index contributed by atoms with van der Waals surface area (Å²) in [6, 6.07) is 0. The molecule has 0 fully saturated rings. The summed E-state index contributed by atoms with van der Waals surface area (Å²) in [4.78, 5) is 17.0. The third kappa shape index (κ3) is 595. The molecule has 0 aromatic rings. The van der Waals surface area contributed by atoms with E-state index in [0.717, 1.165) is 0 Å². The summed E-state index contributed by atoms with van der Waals surface area (Å²) >= 11 is 0. The largest absolute Gasteiger partial charge is 1.00 e. The Morgan fingerprint density at radius 1 is 0.812 bits per heavy atom.